The predicted molar refractivity (Wildman–Crippen MR) is 450 cm³/mol. The molecule has 21 rings (SSSR count). The van der Waals surface area contributed by atoms with Crippen LogP contribution in [0.3, 0.4) is 0 Å². The van der Waals surface area contributed by atoms with Crippen molar-refractivity contribution in [3.8, 4) is 33.4 Å². The molecule has 4 heteroatoms. The Morgan fingerprint density at radius 3 is 1.28 bits per heavy atom. The zero-order valence-corrected chi connectivity index (χ0v) is 60.8. The molecule has 2 aromatic heterocycles. The van der Waals surface area contributed by atoms with Gasteiger partial charge in [-0.05, 0) is 185 Å². The fourth-order valence-electron chi connectivity index (χ4n) is 19.6. The van der Waals surface area contributed by atoms with Crippen molar-refractivity contribution in [3.05, 3.63) is 407 Å². The standard InChI is InChI=1S/C104H78N2O2/c1-4-102(2,3)89-58-30-53-81-83-55-32-60-93(101(83)108-99(81)89)106(75-45-18-9-19-46-75)95-66-91-97(85-50-25-26-56-87(85)103(91,70-36-10-5-11-37-70)71-38-12-6-13-39-71)86-64-69(61-62-78(86)95)68-35-28-42-73(63-68)104(72-40-14-7-15-41-72)88-57-27-24-49-84(88)96-79-48-23-22-47-77(79)94(65-90(96)104)105(74-43-16-8-17-44-74)92-59-31-54-82-80-52-29-51-76(67-33-20-21-34-67)98(80)107-100(82)92/h5-19,22-32,35-67H,4,20-21,33-34H2,1-3H3. The Morgan fingerprint density at radius 2 is 0.722 bits per heavy atom. The Balaban J connectivity index is 0.826. The van der Waals surface area contributed by atoms with E-state index in [9.17, 15) is 0 Å². The van der Waals surface area contributed by atoms with Crippen LogP contribution >= 0.6 is 0 Å². The summed E-state index contributed by atoms with van der Waals surface area (Å²) in [6, 6.07) is 132. The third-order valence-corrected chi connectivity index (χ3v) is 24.8. The molecular formula is C104H78N2O2. The van der Waals surface area contributed by atoms with Crippen LogP contribution in [0, 0.1) is 0 Å². The molecule has 0 spiro atoms. The molecule has 18 aromatic rings. The van der Waals surface area contributed by atoms with E-state index in [4.69, 9.17) is 8.83 Å². The van der Waals surface area contributed by atoms with Crippen LogP contribution in [-0.4, -0.2) is 0 Å². The van der Waals surface area contributed by atoms with Gasteiger partial charge in [0.25, 0.3) is 0 Å². The number of rotatable bonds is 14. The van der Waals surface area contributed by atoms with E-state index in [2.05, 4.69) is 382 Å². The van der Waals surface area contributed by atoms with Gasteiger partial charge in [-0.25, -0.2) is 0 Å². The number of anilines is 6. The third kappa shape index (κ3) is 9.35. The first-order chi connectivity index (χ1) is 53.3. The molecule has 0 N–H and O–H groups in total. The summed E-state index contributed by atoms with van der Waals surface area (Å²) in [4.78, 5) is 4.98. The Bertz CT molecular complexity index is 6550. The largest absolute Gasteiger partial charge is 0.454 e. The van der Waals surface area contributed by atoms with Gasteiger partial charge in [-0.15, -0.1) is 0 Å². The number of hydrogen-bond donors (Lipinski definition) is 0. The fraction of sp³-hybridized carbons (Fsp3) is 0.115. The van der Waals surface area contributed by atoms with Crippen LogP contribution in [0.4, 0.5) is 34.1 Å². The topological polar surface area (TPSA) is 32.8 Å². The fourth-order valence-corrected chi connectivity index (χ4v) is 19.6. The smallest absolute Gasteiger partial charge is 0.159 e. The first-order valence-corrected chi connectivity index (χ1v) is 38.5. The monoisotopic (exact) mass is 1390 g/mol. The number of hydrogen-bond acceptors (Lipinski definition) is 4. The van der Waals surface area contributed by atoms with Crippen molar-refractivity contribution in [1.82, 2.24) is 0 Å². The van der Waals surface area contributed by atoms with Gasteiger partial charge >= 0.3 is 0 Å². The normalized spacial score (nSPS) is 15.1. The third-order valence-electron chi connectivity index (χ3n) is 24.8. The average molecular weight is 1390 g/mol. The maximum atomic E-state index is 7.45. The van der Waals surface area contributed by atoms with Crippen LogP contribution in [0.5, 0.6) is 0 Å². The van der Waals surface area contributed by atoms with E-state index in [1.54, 1.807) is 0 Å². The molecule has 0 saturated heterocycles. The van der Waals surface area contributed by atoms with Crippen molar-refractivity contribution < 1.29 is 8.83 Å². The average Bonchev–Trinajstić information content (AvgIpc) is 1.52. The molecule has 1 unspecified atom stereocenters. The molecular weight excluding hydrogens is 1310 g/mol. The minimum Gasteiger partial charge on any atom is -0.454 e. The van der Waals surface area contributed by atoms with Gasteiger partial charge in [0.05, 0.1) is 33.6 Å². The first kappa shape index (κ1) is 63.7. The molecule has 516 valence electrons. The zero-order valence-electron chi connectivity index (χ0n) is 60.8. The second-order valence-corrected chi connectivity index (χ2v) is 30.7. The van der Waals surface area contributed by atoms with Gasteiger partial charge in [0.1, 0.15) is 11.2 Å². The van der Waals surface area contributed by atoms with Crippen LogP contribution in [0.2, 0.25) is 0 Å². The number of para-hydroxylation sites is 6. The van der Waals surface area contributed by atoms with E-state index in [0.29, 0.717) is 5.92 Å². The van der Waals surface area contributed by atoms with E-state index in [0.717, 1.165) is 106 Å². The van der Waals surface area contributed by atoms with Crippen molar-refractivity contribution in [2.75, 3.05) is 9.80 Å². The van der Waals surface area contributed by atoms with Crippen LogP contribution in [0.1, 0.15) is 114 Å². The molecule has 16 aromatic carbocycles. The van der Waals surface area contributed by atoms with Crippen LogP contribution in [0.15, 0.2) is 361 Å². The van der Waals surface area contributed by atoms with Crippen LogP contribution < -0.4 is 9.80 Å². The summed E-state index contributed by atoms with van der Waals surface area (Å²) in [5.41, 5.74) is 27.7. The summed E-state index contributed by atoms with van der Waals surface area (Å²) in [5, 5.41) is 9.15. The second-order valence-electron chi connectivity index (χ2n) is 30.7. The molecule has 108 heavy (non-hydrogen) atoms. The predicted octanol–water partition coefficient (Wildman–Crippen LogP) is 28.5. The zero-order chi connectivity index (χ0) is 71.8. The van der Waals surface area contributed by atoms with Gasteiger partial charge in [0.15, 0.2) is 11.2 Å². The summed E-state index contributed by atoms with van der Waals surface area (Å²) in [6.45, 7) is 6.94. The lowest BCUT2D eigenvalue weighted by molar-refractivity contribution is 0.500. The van der Waals surface area contributed by atoms with Gasteiger partial charge in [-0.1, -0.05) is 325 Å². The lowest BCUT2D eigenvalue weighted by Crippen LogP contribution is -2.29. The molecule has 2 heterocycles. The molecule has 0 amide bonds. The van der Waals surface area contributed by atoms with Gasteiger partial charge in [0, 0.05) is 49.3 Å². The van der Waals surface area contributed by atoms with Crippen molar-refractivity contribution in [3.63, 3.8) is 0 Å². The highest BCUT2D eigenvalue weighted by molar-refractivity contribution is 6.18. The van der Waals surface area contributed by atoms with Crippen molar-refractivity contribution in [2.24, 2.45) is 0 Å². The SMILES string of the molecule is CCC(C)(C)c1cccc2c1oc1c(N(c3ccccc3)c3cc4c(c5cc(-c6cccc(C7(c8ccccc8)c8ccccc8-c8c7cc(N(c7ccccc7)c7cccc9c7oc7c(C%10CCCC%10)cccc79)c7ccccc87)c6)ccc35)-c3ccccc3C4(c3ccccc3)c3ccccc3)cccc12. The Morgan fingerprint density at radius 1 is 0.315 bits per heavy atom. The first-order valence-electron chi connectivity index (χ1n) is 38.5. The summed E-state index contributed by atoms with van der Waals surface area (Å²) in [6.07, 6.45) is 5.86. The van der Waals surface area contributed by atoms with Crippen molar-refractivity contribution in [1.29, 1.82) is 0 Å². The van der Waals surface area contributed by atoms with E-state index >= 15 is 0 Å². The van der Waals surface area contributed by atoms with Crippen LogP contribution in [0.25, 0.3) is 98.8 Å². The molecule has 3 aliphatic carbocycles. The second kappa shape index (κ2) is 24.9. The summed E-state index contributed by atoms with van der Waals surface area (Å²) < 4.78 is 14.9. The lowest BCUT2D eigenvalue weighted by Gasteiger charge is -2.36. The number of furan rings is 2. The molecule has 1 atom stereocenters. The van der Waals surface area contributed by atoms with Gasteiger partial charge < -0.3 is 18.6 Å². The van der Waals surface area contributed by atoms with Crippen molar-refractivity contribution in [2.45, 2.75) is 75.0 Å². The number of fused-ring (bicyclic) bond motifs is 16. The molecule has 3 aliphatic rings. The highest BCUT2D eigenvalue weighted by atomic mass is 16.3. The van der Waals surface area contributed by atoms with Gasteiger partial charge in [0.2, 0.25) is 0 Å². The summed E-state index contributed by atoms with van der Waals surface area (Å²) in [5.74, 6) is 0.488. The lowest BCUT2D eigenvalue weighted by atomic mass is 9.67. The van der Waals surface area contributed by atoms with Crippen molar-refractivity contribution >= 4 is 99.5 Å². The molecule has 4 nitrogen and oxygen atoms in total. The number of nitrogens with zero attached hydrogens (tertiary/aromatic N) is 2. The quantitative estimate of drug-likeness (QED) is 0.109. The molecule has 0 bridgehead atoms. The molecule has 1 saturated carbocycles. The van der Waals surface area contributed by atoms with E-state index in [1.165, 1.54) is 114 Å². The molecule has 1 fully saturated rings. The van der Waals surface area contributed by atoms with E-state index < -0.39 is 10.8 Å². The number of benzene rings is 16. The Kier molecular flexibility index (Phi) is 14.7. The Labute approximate surface area is 630 Å². The highest BCUT2D eigenvalue weighted by Gasteiger charge is 2.50. The van der Waals surface area contributed by atoms with E-state index in [-0.39, 0.29) is 5.41 Å². The summed E-state index contributed by atoms with van der Waals surface area (Å²) in [7, 11) is 0. The van der Waals surface area contributed by atoms with E-state index in [1.807, 2.05) is 0 Å². The molecule has 0 aliphatic heterocycles. The van der Waals surface area contributed by atoms with Crippen LogP contribution in [-0.2, 0) is 16.2 Å². The maximum Gasteiger partial charge on any atom is 0.159 e. The minimum absolute atomic E-state index is 0.114. The minimum atomic E-state index is -0.804. The highest BCUT2D eigenvalue weighted by Crippen LogP contribution is 2.63. The molecule has 0 radical (unpaired) electrons. The van der Waals surface area contributed by atoms with Gasteiger partial charge in [-0.3, -0.25) is 0 Å². The van der Waals surface area contributed by atoms with Gasteiger partial charge in [-0.2, -0.15) is 0 Å². The summed E-state index contributed by atoms with van der Waals surface area (Å²) >= 11 is 0. The Hall–Kier alpha value is -12.8. The maximum absolute atomic E-state index is 7.45.